The fraction of sp³-hybridized carbons (Fsp3) is 0.0833. The molecule has 4 rings (SSSR count). The Balaban J connectivity index is 1.87. The maximum Gasteiger partial charge on any atom is 0.282 e. The quantitative estimate of drug-likeness (QED) is 0.581. The molecule has 0 aliphatic carbocycles. The molecule has 0 aromatic heterocycles. The molecule has 162 valence electrons. The van der Waals surface area contributed by atoms with Gasteiger partial charge >= 0.3 is 0 Å². The average molecular weight is 438 g/mol. The highest BCUT2D eigenvalue weighted by Gasteiger charge is 2.41. The number of rotatable bonds is 5. The van der Waals surface area contributed by atoms with E-state index < -0.39 is 35.0 Å². The van der Waals surface area contributed by atoms with Crippen LogP contribution >= 0.6 is 0 Å². The molecule has 0 saturated carbocycles. The Morgan fingerprint density at radius 3 is 2.19 bits per heavy atom. The van der Waals surface area contributed by atoms with Gasteiger partial charge in [0.15, 0.2) is 0 Å². The van der Waals surface area contributed by atoms with Crippen LogP contribution in [0.15, 0.2) is 66.4 Å². The van der Waals surface area contributed by atoms with Crippen molar-refractivity contribution in [2.75, 3.05) is 17.3 Å². The molecule has 0 radical (unpaired) electrons. The Morgan fingerprint density at radius 2 is 1.53 bits per heavy atom. The molecule has 2 amide bonds. The summed E-state index contributed by atoms with van der Waals surface area (Å²) in [6.45, 7) is 1.84. The van der Waals surface area contributed by atoms with Gasteiger partial charge in [0, 0.05) is 6.07 Å². The first-order chi connectivity index (χ1) is 15.3. The van der Waals surface area contributed by atoms with Crippen LogP contribution in [0.3, 0.4) is 0 Å². The topological polar surface area (TPSA) is 58.6 Å². The minimum absolute atomic E-state index is 0.0812. The van der Waals surface area contributed by atoms with Crippen molar-refractivity contribution in [3.05, 3.63) is 94.9 Å². The molecule has 5 nitrogen and oxygen atoms in total. The second kappa shape index (κ2) is 8.22. The number of halogens is 3. The smallest absolute Gasteiger partial charge is 0.282 e. The number of anilines is 2. The third-order valence-electron chi connectivity index (χ3n) is 4.98. The fourth-order valence-corrected chi connectivity index (χ4v) is 3.47. The number of imide groups is 1. The van der Waals surface area contributed by atoms with E-state index in [1.54, 1.807) is 18.2 Å². The lowest BCUT2D eigenvalue weighted by molar-refractivity contribution is -0.120. The number of aryl methyl sites for hydroxylation is 1. The fourth-order valence-electron chi connectivity index (χ4n) is 3.47. The minimum Gasteiger partial charge on any atom is -0.495 e. The predicted molar refractivity (Wildman–Crippen MR) is 114 cm³/mol. The molecule has 0 fully saturated rings. The first-order valence-electron chi connectivity index (χ1n) is 9.56. The summed E-state index contributed by atoms with van der Waals surface area (Å²) >= 11 is 0. The normalized spacial score (nSPS) is 13.7. The summed E-state index contributed by atoms with van der Waals surface area (Å²) in [6, 6.07) is 12.7. The summed E-state index contributed by atoms with van der Waals surface area (Å²) in [4.78, 5) is 27.2. The summed E-state index contributed by atoms with van der Waals surface area (Å²) in [5.41, 5.74) is 0.898. The van der Waals surface area contributed by atoms with Crippen LogP contribution in [0.25, 0.3) is 5.57 Å². The Labute approximate surface area is 181 Å². The Kier molecular flexibility index (Phi) is 5.44. The molecule has 3 aromatic carbocycles. The van der Waals surface area contributed by atoms with Crippen LogP contribution in [0, 0.1) is 24.4 Å². The monoisotopic (exact) mass is 438 g/mol. The van der Waals surface area contributed by atoms with Crippen molar-refractivity contribution in [3.8, 4) is 5.75 Å². The molecule has 0 bridgehead atoms. The highest BCUT2D eigenvalue weighted by molar-refractivity contribution is 6.46. The SMILES string of the molecule is COc1ccc(C)cc1NC1=C(c2ccc(F)cc2)C(=O)N(c2ccc(F)cc2F)C1=O. The molecular formula is C24H17F3N2O3. The molecule has 8 heteroatoms. The van der Waals surface area contributed by atoms with Gasteiger partial charge in [0.1, 0.15) is 28.9 Å². The van der Waals surface area contributed by atoms with Crippen LogP contribution < -0.4 is 15.0 Å². The summed E-state index contributed by atoms with van der Waals surface area (Å²) < 4.78 is 46.7. The highest BCUT2D eigenvalue weighted by atomic mass is 19.1. The molecule has 1 aliphatic rings. The number of ether oxygens (including phenoxy) is 1. The van der Waals surface area contributed by atoms with Gasteiger partial charge in [-0.2, -0.15) is 0 Å². The first-order valence-corrected chi connectivity index (χ1v) is 9.56. The van der Waals surface area contributed by atoms with Gasteiger partial charge in [-0.05, 0) is 54.4 Å². The second-order valence-corrected chi connectivity index (χ2v) is 7.13. The van der Waals surface area contributed by atoms with E-state index in [4.69, 9.17) is 4.74 Å². The van der Waals surface area contributed by atoms with E-state index in [0.29, 0.717) is 22.4 Å². The lowest BCUT2D eigenvalue weighted by Gasteiger charge is -2.17. The molecule has 0 saturated heterocycles. The number of benzene rings is 3. The van der Waals surface area contributed by atoms with Crippen molar-refractivity contribution in [2.24, 2.45) is 0 Å². The van der Waals surface area contributed by atoms with E-state index in [2.05, 4.69) is 5.32 Å². The Hall–Kier alpha value is -4.07. The van der Waals surface area contributed by atoms with Crippen molar-refractivity contribution >= 4 is 28.8 Å². The standard InChI is InChI=1S/C24H17F3N2O3/c1-13-3-10-20(32-2)18(11-13)28-22-21(14-4-6-15(25)7-5-14)23(30)29(24(22)31)19-9-8-16(26)12-17(19)27/h3-12,28H,1-2H3. The Morgan fingerprint density at radius 1 is 0.844 bits per heavy atom. The van der Waals surface area contributed by atoms with Crippen LogP contribution in [-0.4, -0.2) is 18.9 Å². The first kappa shape index (κ1) is 21.2. The largest absolute Gasteiger partial charge is 0.495 e. The molecular weight excluding hydrogens is 421 g/mol. The van der Waals surface area contributed by atoms with Crippen LogP contribution in [0.4, 0.5) is 24.5 Å². The molecule has 0 atom stereocenters. The summed E-state index contributed by atoms with van der Waals surface area (Å²) in [5.74, 6) is -3.71. The zero-order valence-corrected chi connectivity index (χ0v) is 17.1. The third kappa shape index (κ3) is 3.71. The van der Waals surface area contributed by atoms with Crippen molar-refractivity contribution in [1.29, 1.82) is 0 Å². The van der Waals surface area contributed by atoms with Crippen molar-refractivity contribution < 1.29 is 27.5 Å². The van der Waals surface area contributed by atoms with Gasteiger partial charge in [-0.25, -0.2) is 18.1 Å². The van der Waals surface area contributed by atoms with Gasteiger partial charge in [0.25, 0.3) is 11.8 Å². The number of hydrogen-bond acceptors (Lipinski definition) is 4. The molecule has 1 heterocycles. The molecule has 3 aromatic rings. The lowest BCUT2D eigenvalue weighted by atomic mass is 10.0. The highest BCUT2D eigenvalue weighted by Crippen LogP contribution is 2.36. The van der Waals surface area contributed by atoms with Gasteiger partial charge in [0.2, 0.25) is 0 Å². The number of methoxy groups -OCH3 is 1. The van der Waals surface area contributed by atoms with E-state index in [-0.39, 0.29) is 16.8 Å². The number of carbonyl (C=O) groups is 2. The van der Waals surface area contributed by atoms with Crippen molar-refractivity contribution in [1.82, 2.24) is 0 Å². The number of nitrogens with zero attached hydrogens (tertiary/aromatic N) is 1. The summed E-state index contributed by atoms with van der Waals surface area (Å²) in [7, 11) is 1.45. The van der Waals surface area contributed by atoms with Gasteiger partial charge in [0.05, 0.1) is 24.1 Å². The van der Waals surface area contributed by atoms with E-state index >= 15 is 0 Å². The van der Waals surface area contributed by atoms with E-state index in [1.165, 1.54) is 19.2 Å². The molecule has 0 spiro atoms. The van der Waals surface area contributed by atoms with Crippen LogP contribution in [0.1, 0.15) is 11.1 Å². The van der Waals surface area contributed by atoms with E-state index in [1.807, 2.05) is 6.92 Å². The number of nitrogens with one attached hydrogen (secondary N) is 1. The minimum atomic E-state index is -1.07. The zero-order valence-electron chi connectivity index (χ0n) is 17.1. The van der Waals surface area contributed by atoms with Crippen LogP contribution in [0.2, 0.25) is 0 Å². The van der Waals surface area contributed by atoms with Crippen LogP contribution in [0.5, 0.6) is 5.75 Å². The van der Waals surface area contributed by atoms with E-state index in [0.717, 1.165) is 29.8 Å². The van der Waals surface area contributed by atoms with Crippen molar-refractivity contribution in [3.63, 3.8) is 0 Å². The lowest BCUT2D eigenvalue weighted by Crippen LogP contribution is -2.33. The van der Waals surface area contributed by atoms with Crippen molar-refractivity contribution in [2.45, 2.75) is 6.92 Å². The molecule has 32 heavy (non-hydrogen) atoms. The number of amides is 2. The average Bonchev–Trinajstić information content (AvgIpc) is 2.99. The van der Waals surface area contributed by atoms with E-state index in [9.17, 15) is 22.8 Å². The summed E-state index contributed by atoms with van der Waals surface area (Å²) in [6.07, 6.45) is 0. The zero-order chi connectivity index (χ0) is 23.0. The van der Waals surface area contributed by atoms with Gasteiger partial charge in [-0.15, -0.1) is 0 Å². The number of hydrogen-bond donors (Lipinski definition) is 1. The summed E-state index contributed by atoms with van der Waals surface area (Å²) in [5, 5.41) is 2.93. The van der Waals surface area contributed by atoms with Gasteiger partial charge < -0.3 is 10.1 Å². The maximum absolute atomic E-state index is 14.5. The predicted octanol–water partition coefficient (Wildman–Crippen LogP) is 4.82. The number of carbonyl (C=O) groups excluding carboxylic acids is 2. The second-order valence-electron chi connectivity index (χ2n) is 7.13. The third-order valence-corrected chi connectivity index (χ3v) is 4.98. The Bertz CT molecular complexity index is 1270. The maximum atomic E-state index is 14.5. The van der Waals surface area contributed by atoms with Gasteiger partial charge in [-0.3, -0.25) is 9.59 Å². The van der Waals surface area contributed by atoms with Gasteiger partial charge in [-0.1, -0.05) is 18.2 Å². The molecule has 0 unspecified atom stereocenters. The molecule has 1 aliphatic heterocycles. The molecule has 1 N–H and O–H groups in total. The van der Waals surface area contributed by atoms with Crippen LogP contribution in [-0.2, 0) is 9.59 Å².